The lowest BCUT2D eigenvalue weighted by atomic mass is 10.1. The number of hydrogen-bond acceptors (Lipinski definition) is 4. The number of thiophene rings is 1. The van der Waals surface area contributed by atoms with Crippen LogP contribution < -0.4 is 10.0 Å². The highest BCUT2D eigenvalue weighted by atomic mass is 32.2. The van der Waals surface area contributed by atoms with Crippen molar-refractivity contribution in [2.75, 3.05) is 12.8 Å². The Morgan fingerprint density at radius 2 is 1.95 bits per heavy atom. The third kappa shape index (κ3) is 6.02. The van der Waals surface area contributed by atoms with Gasteiger partial charge in [-0.05, 0) is 31.4 Å². The fourth-order valence-electron chi connectivity index (χ4n) is 1.44. The van der Waals surface area contributed by atoms with Gasteiger partial charge in [0.1, 0.15) is 0 Å². The molecule has 0 fully saturated rings. The molecule has 1 aromatic rings. The van der Waals surface area contributed by atoms with Crippen LogP contribution in [0.1, 0.15) is 35.3 Å². The van der Waals surface area contributed by atoms with Gasteiger partial charge in [0.05, 0.1) is 11.1 Å². The molecule has 0 bridgehead atoms. The predicted octanol–water partition coefficient (Wildman–Crippen LogP) is 1.61. The number of amides is 1. The largest absolute Gasteiger partial charge is 0.349 e. The van der Waals surface area contributed by atoms with E-state index in [1.807, 2.05) is 13.0 Å². The van der Waals surface area contributed by atoms with Gasteiger partial charge in [-0.25, -0.2) is 13.1 Å². The molecule has 0 aromatic carbocycles. The highest BCUT2D eigenvalue weighted by molar-refractivity contribution is 7.88. The first-order chi connectivity index (χ1) is 9.19. The van der Waals surface area contributed by atoms with E-state index in [2.05, 4.69) is 23.9 Å². The molecule has 0 spiro atoms. The first kappa shape index (κ1) is 17.1. The van der Waals surface area contributed by atoms with Gasteiger partial charge in [-0.15, -0.1) is 11.3 Å². The molecule has 0 saturated carbocycles. The van der Waals surface area contributed by atoms with Gasteiger partial charge < -0.3 is 5.32 Å². The Hall–Kier alpha value is -0.920. The Bertz CT molecular complexity index is 550. The molecule has 0 aliphatic heterocycles. The van der Waals surface area contributed by atoms with Gasteiger partial charge in [0, 0.05) is 17.5 Å². The maximum absolute atomic E-state index is 12.0. The maximum atomic E-state index is 12.0. The van der Waals surface area contributed by atoms with Crippen molar-refractivity contribution in [3.05, 3.63) is 21.9 Å². The van der Waals surface area contributed by atoms with Gasteiger partial charge in [-0.3, -0.25) is 4.79 Å². The van der Waals surface area contributed by atoms with E-state index in [0.717, 1.165) is 11.1 Å². The summed E-state index contributed by atoms with van der Waals surface area (Å²) in [5.74, 6) is 0.316. The number of nitrogens with one attached hydrogen (secondary N) is 2. The Kier molecular flexibility index (Phi) is 6.16. The van der Waals surface area contributed by atoms with Crippen molar-refractivity contribution >= 4 is 27.3 Å². The molecular formula is C13H22N2O3S2. The third-order valence-corrected chi connectivity index (χ3v) is 4.85. The molecule has 1 aromatic heterocycles. The van der Waals surface area contributed by atoms with Crippen LogP contribution in [-0.4, -0.2) is 33.2 Å². The monoisotopic (exact) mass is 318 g/mol. The Morgan fingerprint density at radius 3 is 2.50 bits per heavy atom. The zero-order valence-corrected chi connectivity index (χ0v) is 13.9. The molecule has 1 atom stereocenters. The van der Waals surface area contributed by atoms with Crippen LogP contribution >= 0.6 is 11.3 Å². The number of sulfonamides is 1. The Balaban J connectivity index is 2.52. The average Bonchev–Trinajstić information content (AvgIpc) is 2.75. The van der Waals surface area contributed by atoms with Crippen LogP contribution in [0.4, 0.5) is 0 Å². The van der Waals surface area contributed by atoms with E-state index < -0.39 is 10.0 Å². The molecule has 0 saturated heterocycles. The molecule has 1 heterocycles. The smallest absolute Gasteiger partial charge is 0.261 e. The summed E-state index contributed by atoms with van der Waals surface area (Å²) >= 11 is 1.40. The molecule has 0 unspecified atom stereocenters. The van der Waals surface area contributed by atoms with E-state index in [1.165, 1.54) is 11.3 Å². The zero-order chi connectivity index (χ0) is 15.3. The van der Waals surface area contributed by atoms with Gasteiger partial charge in [-0.2, -0.15) is 0 Å². The summed E-state index contributed by atoms with van der Waals surface area (Å²) in [6, 6.07) is 3.77. The summed E-state index contributed by atoms with van der Waals surface area (Å²) < 4.78 is 24.3. The van der Waals surface area contributed by atoms with Crippen LogP contribution in [0.15, 0.2) is 12.1 Å². The molecule has 1 amide bonds. The van der Waals surface area contributed by atoms with Gasteiger partial charge in [0.25, 0.3) is 5.91 Å². The lowest BCUT2D eigenvalue weighted by Crippen LogP contribution is -2.35. The van der Waals surface area contributed by atoms with E-state index in [0.29, 0.717) is 23.8 Å². The van der Waals surface area contributed by atoms with Crippen LogP contribution in [0.25, 0.3) is 0 Å². The Morgan fingerprint density at radius 1 is 1.30 bits per heavy atom. The maximum Gasteiger partial charge on any atom is 0.261 e. The highest BCUT2D eigenvalue weighted by Crippen LogP contribution is 2.17. The van der Waals surface area contributed by atoms with Crippen LogP contribution in [-0.2, 0) is 16.4 Å². The van der Waals surface area contributed by atoms with Crippen LogP contribution in [0.2, 0.25) is 0 Å². The minimum Gasteiger partial charge on any atom is -0.349 e. The number of carbonyl (C=O) groups is 1. The van der Waals surface area contributed by atoms with Crippen molar-refractivity contribution in [2.45, 2.75) is 33.2 Å². The standard InChI is InChI=1S/C13H22N2O3S2/c1-9(2)10(3)15-13(16)12-6-5-11(19-12)7-8-14-20(4,17)18/h5-6,9-10,14H,7-8H2,1-4H3,(H,15,16)/t10-/m0/s1. The molecule has 0 radical (unpaired) electrons. The minimum absolute atomic E-state index is 0.0708. The van der Waals surface area contributed by atoms with E-state index in [1.54, 1.807) is 6.07 Å². The molecule has 114 valence electrons. The molecule has 0 aliphatic carbocycles. The molecule has 20 heavy (non-hydrogen) atoms. The quantitative estimate of drug-likeness (QED) is 0.802. The molecule has 0 aliphatic rings. The fourth-order valence-corrected chi connectivity index (χ4v) is 2.82. The van der Waals surface area contributed by atoms with E-state index in [4.69, 9.17) is 0 Å². The number of hydrogen-bond donors (Lipinski definition) is 2. The minimum atomic E-state index is -3.15. The average molecular weight is 318 g/mol. The van der Waals surface area contributed by atoms with Gasteiger partial charge in [-0.1, -0.05) is 13.8 Å². The summed E-state index contributed by atoms with van der Waals surface area (Å²) in [7, 11) is -3.15. The van der Waals surface area contributed by atoms with Crippen molar-refractivity contribution < 1.29 is 13.2 Å². The molecule has 1 rings (SSSR count). The van der Waals surface area contributed by atoms with E-state index in [-0.39, 0.29) is 11.9 Å². The van der Waals surface area contributed by atoms with Crippen molar-refractivity contribution in [1.29, 1.82) is 0 Å². The van der Waals surface area contributed by atoms with Crippen LogP contribution in [0.5, 0.6) is 0 Å². The first-order valence-electron chi connectivity index (χ1n) is 6.53. The number of carbonyl (C=O) groups excluding carboxylic acids is 1. The van der Waals surface area contributed by atoms with Gasteiger partial charge in [0.15, 0.2) is 0 Å². The summed E-state index contributed by atoms with van der Waals surface area (Å²) in [5.41, 5.74) is 0. The summed E-state index contributed by atoms with van der Waals surface area (Å²) in [5, 5.41) is 2.95. The highest BCUT2D eigenvalue weighted by Gasteiger charge is 2.14. The second-order valence-corrected chi connectivity index (χ2v) is 8.19. The van der Waals surface area contributed by atoms with Crippen molar-refractivity contribution in [3.63, 3.8) is 0 Å². The molecule has 5 nitrogen and oxygen atoms in total. The second kappa shape index (κ2) is 7.19. The topological polar surface area (TPSA) is 75.3 Å². The predicted molar refractivity (Wildman–Crippen MR) is 82.6 cm³/mol. The van der Waals surface area contributed by atoms with Gasteiger partial charge in [0.2, 0.25) is 10.0 Å². The number of rotatable bonds is 7. The van der Waals surface area contributed by atoms with E-state index >= 15 is 0 Å². The molecular weight excluding hydrogens is 296 g/mol. The van der Waals surface area contributed by atoms with E-state index in [9.17, 15) is 13.2 Å². The van der Waals surface area contributed by atoms with Crippen molar-refractivity contribution in [1.82, 2.24) is 10.0 Å². The summed E-state index contributed by atoms with van der Waals surface area (Å²) in [6.45, 7) is 6.44. The van der Waals surface area contributed by atoms with Crippen molar-refractivity contribution in [2.24, 2.45) is 5.92 Å². The lowest BCUT2D eigenvalue weighted by molar-refractivity contribution is 0.0934. The lowest BCUT2D eigenvalue weighted by Gasteiger charge is -2.16. The zero-order valence-electron chi connectivity index (χ0n) is 12.3. The van der Waals surface area contributed by atoms with Gasteiger partial charge >= 0.3 is 0 Å². The Labute approximate surface area is 124 Å². The van der Waals surface area contributed by atoms with Crippen LogP contribution in [0, 0.1) is 5.92 Å². The summed E-state index contributed by atoms with van der Waals surface area (Å²) in [6.07, 6.45) is 1.72. The van der Waals surface area contributed by atoms with Crippen molar-refractivity contribution in [3.8, 4) is 0 Å². The fraction of sp³-hybridized carbons (Fsp3) is 0.615. The SMILES string of the molecule is CC(C)[C@H](C)NC(=O)c1ccc(CCNS(C)(=O)=O)s1. The third-order valence-electron chi connectivity index (χ3n) is 2.98. The first-order valence-corrected chi connectivity index (χ1v) is 9.24. The second-order valence-electron chi connectivity index (χ2n) is 5.19. The normalized spacial score (nSPS) is 13.4. The molecule has 7 heteroatoms. The van der Waals surface area contributed by atoms with Crippen LogP contribution in [0.3, 0.4) is 0 Å². The molecule has 2 N–H and O–H groups in total. The summed E-state index contributed by atoms with van der Waals surface area (Å²) in [4.78, 5) is 13.6.